The van der Waals surface area contributed by atoms with Gasteiger partial charge in [0, 0.05) is 11.8 Å². The molecular weight excluding hydrogens is 334 g/mol. The number of nitrogens with one attached hydrogen (secondary N) is 1. The van der Waals surface area contributed by atoms with Crippen molar-refractivity contribution in [3.05, 3.63) is 101 Å². The van der Waals surface area contributed by atoms with Crippen LogP contribution in [0.3, 0.4) is 0 Å². The summed E-state index contributed by atoms with van der Waals surface area (Å²) in [5, 5.41) is 2.95. The molecule has 0 aromatic heterocycles. The number of anilines is 1. The Hall–Kier alpha value is -3.33. The maximum absolute atomic E-state index is 12.3. The maximum Gasteiger partial charge on any atom is 0.248 e. The number of amides is 1. The third-order valence-corrected chi connectivity index (χ3v) is 4.26. The summed E-state index contributed by atoms with van der Waals surface area (Å²) in [6.45, 7) is 4.49. The van der Waals surface area contributed by atoms with E-state index in [1.54, 1.807) is 12.2 Å². The second-order valence-electron chi connectivity index (χ2n) is 6.44. The molecule has 27 heavy (non-hydrogen) atoms. The molecule has 3 nitrogen and oxygen atoms in total. The number of aryl methyl sites for hydroxylation is 2. The van der Waals surface area contributed by atoms with Crippen molar-refractivity contribution < 1.29 is 9.53 Å². The van der Waals surface area contributed by atoms with Gasteiger partial charge >= 0.3 is 0 Å². The van der Waals surface area contributed by atoms with Crippen LogP contribution in [0.1, 0.15) is 22.3 Å². The van der Waals surface area contributed by atoms with Gasteiger partial charge in [-0.3, -0.25) is 4.79 Å². The van der Waals surface area contributed by atoms with E-state index in [-0.39, 0.29) is 5.91 Å². The number of hydrogen-bond acceptors (Lipinski definition) is 2. The third kappa shape index (κ3) is 5.32. The molecule has 1 N–H and O–H groups in total. The van der Waals surface area contributed by atoms with Gasteiger partial charge in [-0.15, -0.1) is 0 Å². The molecule has 0 aliphatic heterocycles. The number of hydrogen-bond donors (Lipinski definition) is 1. The van der Waals surface area contributed by atoms with Crippen LogP contribution in [0, 0.1) is 13.8 Å². The van der Waals surface area contributed by atoms with E-state index in [1.165, 1.54) is 0 Å². The normalized spacial score (nSPS) is 10.7. The molecule has 136 valence electrons. The van der Waals surface area contributed by atoms with Gasteiger partial charge in [-0.05, 0) is 54.3 Å². The van der Waals surface area contributed by atoms with E-state index in [9.17, 15) is 4.79 Å². The molecule has 0 aliphatic rings. The topological polar surface area (TPSA) is 38.3 Å². The molecule has 0 unspecified atom stereocenters. The Balaban J connectivity index is 1.62. The van der Waals surface area contributed by atoms with Crippen LogP contribution in [0.4, 0.5) is 5.69 Å². The molecule has 0 saturated carbocycles. The summed E-state index contributed by atoms with van der Waals surface area (Å²) in [7, 11) is 0. The monoisotopic (exact) mass is 357 g/mol. The highest BCUT2D eigenvalue weighted by molar-refractivity contribution is 6.02. The van der Waals surface area contributed by atoms with Crippen molar-refractivity contribution in [2.45, 2.75) is 20.5 Å². The first-order valence-corrected chi connectivity index (χ1v) is 8.94. The highest BCUT2D eigenvalue weighted by Gasteiger charge is 2.04. The van der Waals surface area contributed by atoms with E-state index in [4.69, 9.17) is 4.74 Å². The second kappa shape index (κ2) is 8.86. The minimum atomic E-state index is -0.150. The van der Waals surface area contributed by atoms with Gasteiger partial charge in [0.05, 0.1) is 0 Å². The summed E-state index contributed by atoms with van der Waals surface area (Å²) in [5.74, 6) is 0.624. The van der Waals surface area contributed by atoms with Gasteiger partial charge in [0.1, 0.15) is 12.4 Å². The highest BCUT2D eigenvalue weighted by atomic mass is 16.5. The van der Waals surface area contributed by atoms with Crippen LogP contribution in [0.2, 0.25) is 0 Å². The lowest BCUT2D eigenvalue weighted by Gasteiger charge is -2.09. The predicted octanol–water partition coefficient (Wildman–Crippen LogP) is 5.53. The van der Waals surface area contributed by atoms with E-state index in [1.807, 2.05) is 86.6 Å². The zero-order valence-electron chi connectivity index (χ0n) is 15.6. The van der Waals surface area contributed by atoms with Crippen molar-refractivity contribution in [1.29, 1.82) is 0 Å². The third-order valence-electron chi connectivity index (χ3n) is 4.26. The van der Waals surface area contributed by atoms with Gasteiger partial charge in [0.25, 0.3) is 0 Å². The summed E-state index contributed by atoms with van der Waals surface area (Å²) in [6, 6.07) is 23.7. The summed E-state index contributed by atoms with van der Waals surface area (Å²) in [6.07, 6.45) is 3.33. The Labute approximate surface area is 160 Å². The van der Waals surface area contributed by atoms with E-state index in [0.29, 0.717) is 6.61 Å². The minimum absolute atomic E-state index is 0.150. The summed E-state index contributed by atoms with van der Waals surface area (Å²) in [4.78, 5) is 12.3. The lowest BCUT2D eigenvalue weighted by atomic mass is 10.1. The van der Waals surface area contributed by atoms with Gasteiger partial charge in [-0.2, -0.15) is 0 Å². The van der Waals surface area contributed by atoms with Gasteiger partial charge in [0.15, 0.2) is 0 Å². The van der Waals surface area contributed by atoms with E-state index in [0.717, 1.165) is 33.7 Å². The molecule has 0 saturated heterocycles. The Morgan fingerprint density at radius 3 is 2.37 bits per heavy atom. The van der Waals surface area contributed by atoms with Crippen molar-refractivity contribution in [2.75, 3.05) is 5.32 Å². The van der Waals surface area contributed by atoms with Crippen molar-refractivity contribution in [3.63, 3.8) is 0 Å². The van der Waals surface area contributed by atoms with Gasteiger partial charge in [0.2, 0.25) is 5.91 Å². The number of para-hydroxylation sites is 1. The average Bonchev–Trinajstić information content (AvgIpc) is 2.69. The van der Waals surface area contributed by atoms with Gasteiger partial charge < -0.3 is 10.1 Å². The van der Waals surface area contributed by atoms with Crippen LogP contribution in [-0.2, 0) is 11.4 Å². The standard InChI is InChI=1S/C24H23NO2/c1-18-8-6-9-19(2)24(18)25-23(26)15-14-20-12-7-13-22(16-20)27-17-21-10-4-3-5-11-21/h3-16H,17H2,1-2H3,(H,25,26)/b15-14+. The molecule has 3 heteroatoms. The van der Waals surface area contributed by atoms with Crippen LogP contribution in [-0.4, -0.2) is 5.91 Å². The zero-order valence-corrected chi connectivity index (χ0v) is 15.6. The van der Waals surface area contributed by atoms with Crippen LogP contribution in [0.15, 0.2) is 78.9 Å². The number of carbonyl (C=O) groups excluding carboxylic acids is 1. The fraction of sp³-hybridized carbons (Fsp3) is 0.125. The Morgan fingerprint density at radius 1 is 0.926 bits per heavy atom. The van der Waals surface area contributed by atoms with Crippen molar-refractivity contribution in [1.82, 2.24) is 0 Å². The lowest BCUT2D eigenvalue weighted by molar-refractivity contribution is -0.111. The number of ether oxygens (including phenoxy) is 1. The number of carbonyl (C=O) groups is 1. The van der Waals surface area contributed by atoms with Crippen LogP contribution in [0.25, 0.3) is 6.08 Å². The lowest BCUT2D eigenvalue weighted by Crippen LogP contribution is -2.10. The number of benzene rings is 3. The number of rotatable bonds is 6. The molecule has 3 rings (SSSR count). The molecule has 3 aromatic carbocycles. The first kappa shape index (κ1) is 18.5. The Kier molecular flexibility index (Phi) is 6.06. The Morgan fingerprint density at radius 2 is 1.63 bits per heavy atom. The molecule has 0 spiro atoms. The van der Waals surface area contributed by atoms with E-state index < -0.39 is 0 Å². The second-order valence-corrected chi connectivity index (χ2v) is 6.44. The van der Waals surface area contributed by atoms with Crippen LogP contribution >= 0.6 is 0 Å². The maximum atomic E-state index is 12.3. The fourth-order valence-electron chi connectivity index (χ4n) is 2.80. The smallest absolute Gasteiger partial charge is 0.248 e. The summed E-state index contributed by atoms with van der Waals surface area (Å²) >= 11 is 0. The quantitative estimate of drug-likeness (QED) is 0.589. The largest absolute Gasteiger partial charge is 0.489 e. The molecule has 0 aliphatic carbocycles. The van der Waals surface area contributed by atoms with Crippen molar-refractivity contribution in [2.24, 2.45) is 0 Å². The average molecular weight is 357 g/mol. The van der Waals surface area contributed by atoms with E-state index in [2.05, 4.69) is 5.32 Å². The first-order valence-electron chi connectivity index (χ1n) is 8.94. The zero-order chi connectivity index (χ0) is 19.1. The molecule has 0 fully saturated rings. The Bertz CT molecular complexity index is 925. The molecular formula is C24H23NO2. The summed E-state index contributed by atoms with van der Waals surface area (Å²) < 4.78 is 5.83. The SMILES string of the molecule is Cc1cccc(C)c1NC(=O)/C=C/c1cccc(OCc2ccccc2)c1. The molecule has 1 amide bonds. The van der Waals surface area contributed by atoms with Crippen molar-refractivity contribution >= 4 is 17.7 Å². The molecule has 0 atom stereocenters. The van der Waals surface area contributed by atoms with Gasteiger partial charge in [-0.25, -0.2) is 0 Å². The molecule has 3 aromatic rings. The minimum Gasteiger partial charge on any atom is -0.489 e. The first-order chi connectivity index (χ1) is 13.1. The molecule has 0 heterocycles. The predicted molar refractivity (Wildman–Crippen MR) is 111 cm³/mol. The fourth-order valence-corrected chi connectivity index (χ4v) is 2.80. The highest BCUT2D eigenvalue weighted by Crippen LogP contribution is 2.20. The molecule has 0 radical (unpaired) electrons. The summed E-state index contributed by atoms with van der Waals surface area (Å²) in [5.41, 5.74) is 5.00. The van der Waals surface area contributed by atoms with Crippen LogP contribution in [0.5, 0.6) is 5.75 Å². The van der Waals surface area contributed by atoms with Crippen LogP contribution < -0.4 is 10.1 Å². The van der Waals surface area contributed by atoms with Crippen molar-refractivity contribution in [3.8, 4) is 5.75 Å². The molecule has 0 bridgehead atoms. The van der Waals surface area contributed by atoms with E-state index >= 15 is 0 Å². The van der Waals surface area contributed by atoms with Gasteiger partial charge in [-0.1, -0.05) is 60.7 Å².